The van der Waals surface area contributed by atoms with Crippen molar-refractivity contribution in [2.75, 3.05) is 24.2 Å². The zero-order chi connectivity index (χ0) is 13.5. The third-order valence-electron chi connectivity index (χ3n) is 3.04. The molecular formula is C12H20N4O2. The molecule has 0 unspecified atom stereocenters. The predicted octanol–water partition coefficient (Wildman–Crippen LogP) is 2.88. The lowest BCUT2D eigenvalue weighted by Gasteiger charge is -2.14. The number of aromatic nitrogens is 1. The minimum Gasteiger partial charge on any atom is -0.373 e. The molecule has 0 aromatic carbocycles. The molecule has 0 spiro atoms. The fourth-order valence-electron chi connectivity index (χ4n) is 1.69. The Bertz CT molecular complexity index is 405. The summed E-state index contributed by atoms with van der Waals surface area (Å²) in [7, 11) is 1.73. The number of hydrogen-bond donors (Lipinski definition) is 2. The maximum Gasteiger partial charge on any atom is 0.311 e. The lowest BCUT2D eigenvalue weighted by atomic mass is 10.0. The van der Waals surface area contributed by atoms with Crippen LogP contribution in [0.1, 0.15) is 26.7 Å². The third-order valence-corrected chi connectivity index (χ3v) is 3.04. The van der Waals surface area contributed by atoms with Crippen molar-refractivity contribution in [3.05, 3.63) is 22.2 Å². The summed E-state index contributed by atoms with van der Waals surface area (Å²) < 4.78 is 0. The average molecular weight is 252 g/mol. The molecule has 1 heterocycles. The Labute approximate surface area is 107 Å². The van der Waals surface area contributed by atoms with E-state index in [0.717, 1.165) is 12.8 Å². The van der Waals surface area contributed by atoms with Crippen LogP contribution >= 0.6 is 0 Å². The van der Waals surface area contributed by atoms with Gasteiger partial charge in [-0.25, -0.2) is 4.98 Å². The van der Waals surface area contributed by atoms with Gasteiger partial charge in [0.1, 0.15) is 5.82 Å². The van der Waals surface area contributed by atoms with Crippen LogP contribution in [0.2, 0.25) is 0 Å². The fourth-order valence-corrected chi connectivity index (χ4v) is 1.69. The number of anilines is 2. The Morgan fingerprint density at radius 2 is 2.06 bits per heavy atom. The van der Waals surface area contributed by atoms with Gasteiger partial charge in [-0.05, 0) is 12.0 Å². The molecule has 0 aliphatic rings. The topological polar surface area (TPSA) is 80.1 Å². The summed E-state index contributed by atoms with van der Waals surface area (Å²) in [6.07, 6.45) is 2.09. The van der Waals surface area contributed by atoms with Crippen molar-refractivity contribution in [2.24, 2.45) is 5.92 Å². The van der Waals surface area contributed by atoms with Gasteiger partial charge in [0.05, 0.1) is 4.92 Å². The highest BCUT2D eigenvalue weighted by molar-refractivity contribution is 5.60. The van der Waals surface area contributed by atoms with Crippen LogP contribution in [0, 0.1) is 16.0 Å². The van der Waals surface area contributed by atoms with E-state index in [1.54, 1.807) is 13.1 Å². The van der Waals surface area contributed by atoms with Crippen LogP contribution < -0.4 is 10.6 Å². The van der Waals surface area contributed by atoms with Crippen LogP contribution in [0.5, 0.6) is 0 Å². The van der Waals surface area contributed by atoms with E-state index in [4.69, 9.17) is 0 Å². The molecule has 2 N–H and O–H groups in total. The number of nitrogens with one attached hydrogen (secondary N) is 2. The van der Waals surface area contributed by atoms with Crippen LogP contribution in [0.3, 0.4) is 0 Å². The number of pyridine rings is 1. The first-order valence-electron chi connectivity index (χ1n) is 6.19. The molecule has 18 heavy (non-hydrogen) atoms. The van der Waals surface area contributed by atoms with Gasteiger partial charge in [-0.3, -0.25) is 10.1 Å². The van der Waals surface area contributed by atoms with Gasteiger partial charge in [0.15, 0.2) is 0 Å². The van der Waals surface area contributed by atoms with Gasteiger partial charge < -0.3 is 10.6 Å². The summed E-state index contributed by atoms with van der Waals surface area (Å²) >= 11 is 0. The molecule has 0 aliphatic heterocycles. The van der Waals surface area contributed by atoms with Gasteiger partial charge >= 0.3 is 5.69 Å². The number of rotatable bonds is 7. The van der Waals surface area contributed by atoms with Crippen LogP contribution in [0.25, 0.3) is 0 Å². The Balaban J connectivity index is 2.87. The monoisotopic (exact) mass is 252 g/mol. The van der Waals surface area contributed by atoms with E-state index in [1.165, 1.54) is 6.07 Å². The molecule has 6 nitrogen and oxygen atoms in total. The van der Waals surface area contributed by atoms with Crippen molar-refractivity contribution in [1.29, 1.82) is 0 Å². The Kier molecular flexibility index (Phi) is 5.35. The molecule has 1 rings (SSSR count). The Hall–Kier alpha value is -1.85. The number of nitro groups is 1. The molecule has 0 aliphatic carbocycles. The van der Waals surface area contributed by atoms with E-state index >= 15 is 0 Å². The highest BCUT2D eigenvalue weighted by atomic mass is 16.6. The molecule has 0 amide bonds. The summed E-state index contributed by atoms with van der Waals surface area (Å²) in [5, 5.41) is 16.9. The first-order valence-corrected chi connectivity index (χ1v) is 6.19. The maximum atomic E-state index is 10.9. The lowest BCUT2D eigenvalue weighted by Crippen LogP contribution is -2.15. The molecular weight excluding hydrogens is 232 g/mol. The standard InChI is InChI=1S/C12H20N4O2/c1-4-9(5-2)8-14-12-10(16(17)18)6-7-11(13-3)15-12/h6-7,9H,4-5,8H2,1-3H3,(H2,13,14,15). The van der Waals surface area contributed by atoms with E-state index in [-0.39, 0.29) is 5.69 Å². The van der Waals surface area contributed by atoms with Gasteiger partial charge in [0.2, 0.25) is 5.82 Å². The molecule has 0 saturated carbocycles. The minimum absolute atomic E-state index is 0.0138. The maximum absolute atomic E-state index is 10.9. The van der Waals surface area contributed by atoms with Crippen molar-refractivity contribution in [3.8, 4) is 0 Å². The second kappa shape index (κ2) is 6.78. The van der Waals surface area contributed by atoms with Crippen LogP contribution in [-0.2, 0) is 0 Å². The minimum atomic E-state index is -0.415. The Morgan fingerprint density at radius 1 is 1.39 bits per heavy atom. The van der Waals surface area contributed by atoms with Crippen molar-refractivity contribution in [3.63, 3.8) is 0 Å². The predicted molar refractivity (Wildman–Crippen MR) is 73.0 cm³/mol. The van der Waals surface area contributed by atoms with Gasteiger partial charge in [-0.2, -0.15) is 0 Å². The lowest BCUT2D eigenvalue weighted by molar-refractivity contribution is -0.384. The van der Waals surface area contributed by atoms with Gasteiger partial charge in [0, 0.05) is 19.7 Å². The van der Waals surface area contributed by atoms with Crippen LogP contribution in [0.15, 0.2) is 12.1 Å². The number of nitrogens with zero attached hydrogens (tertiary/aromatic N) is 2. The molecule has 0 radical (unpaired) electrons. The average Bonchev–Trinajstić information content (AvgIpc) is 2.39. The molecule has 0 bridgehead atoms. The van der Waals surface area contributed by atoms with Gasteiger partial charge in [-0.15, -0.1) is 0 Å². The molecule has 0 fully saturated rings. The summed E-state index contributed by atoms with van der Waals surface area (Å²) in [4.78, 5) is 14.7. The smallest absolute Gasteiger partial charge is 0.311 e. The summed E-state index contributed by atoms with van der Waals surface area (Å²) in [6.45, 7) is 4.93. The van der Waals surface area contributed by atoms with Crippen molar-refractivity contribution >= 4 is 17.3 Å². The molecule has 6 heteroatoms. The second-order valence-electron chi connectivity index (χ2n) is 4.13. The summed E-state index contributed by atoms with van der Waals surface area (Å²) in [6, 6.07) is 3.06. The Morgan fingerprint density at radius 3 is 2.56 bits per heavy atom. The normalized spacial score (nSPS) is 10.4. The molecule has 1 aromatic heterocycles. The second-order valence-corrected chi connectivity index (χ2v) is 4.13. The van der Waals surface area contributed by atoms with Gasteiger partial charge in [-0.1, -0.05) is 26.7 Å². The highest BCUT2D eigenvalue weighted by Crippen LogP contribution is 2.24. The quantitative estimate of drug-likeness (QED) is 0.576. The summed E-state index contributed by atoms with van der Waals surface area (Å²) in [5.41, 5.74) is 0.0138. The first kappa shape index (κ1) is 14.2. The third kappa shape index (κ3) is 3.58. The molecule has 0 atom stereocenters. The van der Waals surface area contributed by atoms with Crippen molar-refractivity contribution in [2.45, 2.75) is 26.7 Å². The zero-order valence-electron chi connectivity index (χ0n) is 11.1. The van der Waals surface area contributed by atoms with Crippen molar-refractivity contribution in [1.82, 2.24) is 4.98 Å². The zero-order valence-corrected chi connectivity index (χ0v) is 11.1. The van der Waals surface area contributed by atoms with E-state index in [1.807, 2.05) is 0 Å². The first-order chi connectivity index (χ1) is 8.62. The fraction of sp³-hybridized carbons (Fsp3) is 0.583. The molecule has 100 valence electrons. The van der Waals surface area contributed by atoms with E-state index in [9.17, 15) is 10.1 Å². The van der Waals surface area contributed by atoms with Crippen LogP contribution in [0.4, 0.5) is 17.3 Å². The van der Waals surface area contributed by atoms with Crippen LogP contribution in [-0.4, -0.2) is 23.5 Å². The summed E-state index contributed by atoms with van der Waals surface area (Å²) in [5.74, 6) is 1.45. The number of hydrogen-bond acceptors (Lipinski definition) is 5. The molecule has 1 aromatic rings. The van der Waals surface area contributed by atoms with Crippen molar-refractivity contribution < 1.29 is 4.92 Å². The SMILES string of the molecule is CCC(CC)CNc1nc(NC)ccc1[N+](=O)[O-]. The highest BCUT2D eigenvalue weighted by Gasteiger charge is 2.16. The van der Waals surface area contributed by atoms with E-state index in [0.29, 0.717) is 24.1 Å². The molecule has 0 saturated heterocycles. The van der Waals surface area contributed by atoms with E-state index < -0.39 is 4.92 Å². The van der Waals surface area contributed by atoms with Gasteiger partial charge in [0.25, 0.3) is 0 Å². The van der Waals surface area contributed by atoms with E-state index in [2.05, 4.69) is 29.5 Å². The largest absolute Gasteiger partial charge is 0.373 e.